The van der Waals surface area contributed by atoms with Gasteiger partial charge in [-0.15, -0.1) is 0 Å². The lowest BCUT2D eigenvalue weighted by molar-refractivity contribution is -0.118. The first-order chi connectivity index (χ1) is 7.36. The number of rotatable bonds is 1. The van der Waals surface area contributed by atoms with Crippen molar-refractivity contribution in [1.82, 2.24) is 0 Å². The van der Waals surface area contributed by atoms with Crippen LogP contribution < -0.4 is 4.90 Å². The van der Waals surface area contributed by atoms with E-state index in [1.807, 2.05) is 44.2 Å². The molecule has 2 rings (SSSR count). The third-order valence-electron chi connectivity index (χ3n) is 3.57. The van der Waals surface area contributed by atoms with Crippen molar-refractivity contribution in [2.75, 3.05) is 4.90 Å². The number of carbonyl (C=O) groups is 1. The molecular weight excluding hydrogens is 202 g/mol. The third kappa shape index (κ3) is 1.43. The van der Waals surface area contributed by atoms with Crippen LogP contribution in [0.15, 0.2) is 30.3 Å². The lowest BCUT2D eigenvalue weighted by Crippen LogP contribution is -2.50. The van der Waals surface area contributed by atoms with Gasteiger partial charge in [-0.25, -0.2) is 0 Å². The van der Waals surface area contributed by atoms with Gasteiger partial charge in [0.25, 0.3) is 0 Å². The highest BCUT2D eigenvalue weighted by atomic mass is 16.3. The molecule has 86 valence electrons. The Kier molecular flexibility index (Phi) is 2.31. The van der Waals surface area contributed by atoms with Crippen LogP contribution in [0, 0.1) is 5.41 Å². The SMILES string of the molecule is CC1(C)CC(=O)N(c2ccccc2)[C@@]1(C)O. The van der Waals surface area contributed by atoms with Crippen LogP contribution in [0.3, 0.4) is 0 Å². The zero-order valence-corrected chi connectivity index (χ0v) is 9.90. The average molecular weight is 219 g/mol. The second kappa shape index (κ2) is 3.32. The van der Waals surface area contributed by atoms with Crippen molar-refractivity contribution < 1.29 is 9.90 Å². The number of carbonyl (C=O) groups excluding carboxylic acids is 1. The fourth-order valence-corrected chi connectivity index (χ4v) is 2.14. The van der Waals surface area contributed by atoms with E-state index >= 15 is 0 Å². The number of benzene rings is 1. The molecule has 0 aliphatic carbocycles. The molecule has 1 aliphatic rings. The summed E-state index contributed by atoms with van der Waals surface area (Å²) in [6, 6.07) is 9.31. The number of anilines is 1. The van der Waals surface area contributed by atoms with Crippen molar-refractivity contribution >= 4 is 11.6 Å². The average Bonchev–Trinajstić information content (AvgIpc) is 2.33. The van der Waals surface area contributed by atoms with Gasteiger partial charge in [-0.3, -0.25) is 9.69 Å². The summed E-state index contributed by atoms with van der Waals surface area (Å²) in [5.41, 5.74) is -0.811. The van der Waals surface area contributed by atoms with Gasteiger partial charge in [-0.1, -0.05) is 32.0 Å². The largest absolute Gasteiger partial charge is 0.370 e. The first-order valence-electron chi connectivity index (χ1n) is 5.47. The Balaban J connectivity index is 2.47. The number of para-hydroxylation sites is 1. The highest BCUT2D eigenvalue weighted by Crippen LogP contribution is 2.45. The second-order valence-electron chi connectivity index (χ2n) is 5.15. The molecule has 3 heteroatoms. The molecule has 1 heterocycles. The van der Waals surface area contributed by atoms with Crippen LogP contribution in [0.25, 0.3) is 0 Å². The standard InChI is InChI=1S/C13H17NO2/c1-12(2)9-11(15)14(13(12,3)16)10-7-5-4-6-8-10/h4-8,16H,9H2,1-3H3/t13-/m0/s1. The Morgan fingerprint density at radius 3 is 2.19 bits per heavy atom. The van der Waals surface area contributed by atoms with Gasteiger partial charge in [-0.2, -0.15) is 0 Å². The molecule has 1 aromatic carbocycles. The first-order valence-corrected chi connectivity index (χ1v) is 5.47. The van der Waals surface area contributed by atoms with Crippen molar-refractivity contribution in [2.45, 2.75) is 32.9 Å². The fourth-order valence-electron chi connectivity index (χ4n) is 2.14. The zero-order chi connectivity index (χ0) is 12.0. The summed E-state index contributed by atoms with van der Waals surface area (Å²) in [7, 11) is 0. The lowest BCUT2D eigenvalue weighted by atomic mass is 9.82. The molecule has 16 heavy (non-hydrogen) atoms. The summed E-state index contributed by atoms with van der Waals surface area (Å²) >= 11 is 0. The van der Waals surface area contributed by atoms with E-state index in [1.54, 1.807) is 6.92 Å². The molecule has 3 nitrogen and oxygen atoms in total. The molecule has 0 radical (unpaired) electrons. The van der Waals surface area contributed by atoms with Gasteiger partial charge in [-0.05, 0) is 19.1 Å². The van der Waals surface area contributed by atoms with Crippen LogP contribution >= 0.6 is 0 Å². The van der Waals surface area contributed by atoms with Gasteiger partial charge in [0, 0.05) is 17.5 Å². The number of nitrogens with zero attached hydrogens (tertiary/aromatic N) is 1. The maximum absolute atomic E-state index is 12.0. The maximum atomic E-state index is 12.0. The topological polar surface area (TPSA) is 40.5 Å². The van der Waals surface area contributed by atoms with Crippen molar-refractivity contribution in [3.63, 3.8) is 0 Å². The third-order valence-corrected chi connectivity index (χ3v) is 3.57. The summed E-state index contributed by atoms with van der Waals surface area (Å²) in [5, 5.41) is 10.5. The minimum atomic E-state index is -1.13. The van der Waals surface area contributed by atoms with E-state index in [-0.39, 0.29) is 5.91 Å². The van der Waals surface area contributed by atoms with Gasteiger partial charge < -0.3 is 5.11 Å². The number of amides is 1. The van der Waals surface area contributed by atoms with Crippen molar-refractivity contribution in [3.8, 4) is 0 Å². The number of hydrogen-bond donors (Lipinski definition) is 1. The molecular formula is C13H17NO2. The summed E-state index contributed by atoms with van der Waals surface area (Å²) in [6.45, 7) is 5.52. The van der Waals surface area contributed by atoms with E-state index in [0.29, 0.717) is 6.42 Å². The van der Waals surface area contributed by atoms with Crippen LogP contribution in [-0.4, -0.2) is 16.7 Å². The van der Waals surface area contributed by atoms with E-state index in [9.17, 15) is 9.90 Å². The molecule has 1 aromatic rings. The highest BCUT2D eigenvalue weighted by Gasteiger charge is 2.54. The molecule has 1 fully saturated rings. The Morgan fingerprint density at radius 2 is 1.75 bits per heavy atom. The summed E-state index contributed by atoms with van der Waals surface area (Å²) < 4.78 is 0. The Morgan fingerprint density at radius 1 is 1.19 bits per heavy atom. The van der Waals surface area contributed by atoms with E-state index in [1.165, 1.54) is 4.90 Å². The minimum Gasteiger partial charge on any atom is -0.370 e. The molecule has 1 saturated heterocycles. The molecule has 1 amide bonds. The predicted molar refractivity (Wildman–Crippen MR) is 62.9 cm³/mol. The fraction of sp³-hybridized carbons (Fsp3) is 0.462. The van der Waals surface area contributed by atoms with Crippen LogP contribution in [0.5, 0.6) is 0 Å². The van der Waals surface area contributed by atoms with Crippen LogP contribution in [0.4, 0.5) is 5.69 Å². The lowest BCUT2D eigenvalue weighted by Gasteiger charge is -2.38. The molecule has 1 aliphatic heterocycles. The van der Waals surface area contributed by atoms with E-state index in [0.717, 1.165) is 5.69 Å². The maximum Gasteiger partial charge on any atom is 0.230 e. The molecule has 0 aromatic heterocycles. The summed E-state index contributed by atoms with van der Waals surface area (Å²) in [6.07, 6.45) is 0.370. The monoisotopic (exact) mass is 219 g/mol. The Labute approximate surface area is 95.7 Å². The molecule has 0 bridgehead atoms. The summed E-state index contributed by atoms with van der Waals surface area (Å²) in [5.74, 6) is -0.0267. The van der Waals surface area contributed by atoms with E-state index in [2.05, 4.69) is 0 Å². The molecule has 0 spiro atoms. The smallest absolute Gasteiger partial charge is 0.230 e. The summed E-state index contributed by atoms with van der Waals surface area (Å²) in [4.78, 5) is 13.5. The van der Waals surface area contributed by atoms with E-state index < -0.39 is 11.1 Å². The van der Waals surface area contributed by atoms with Crippen LogP contribution in [0.2, 0.25) is 0 Å². The Bertz CT molecular complexity index is 409. The second-order valence-corrected chi connectivity index (χ2v) is 5.15. The molecule has 0 unspecified atom stereocenters. The first kappa shape index (κ1) is 11.1. The molecule has 1 atom stereocenters. The molecule has 1 N–H and O–H groups in total. The quantitative estimate of drug-likeness (QED) is 0.786. The normalized spacial score (nSPS) is 28.5. The van der Waals surface area contributed by atoms with Crippen LogP contribution in [0.1, 0.15) is 27.2 Å². The number of hydrogen-bond acceptors (Lipinski definition) is 2. The van der Waals surface area contributed by atoms with Crippen molar-refractivity contribution in [3.05, 3.63) is 30.3 Å². The predicted octanol–water partition coefficient (Wildman–Crippen LogP) is 2.16. The van der Waals surface area contributed by atoms with Crippen molar-refractivity contribution in [1.29, 1.82) is 0 Å². The molecule has 0 saturated carbocycles. The number of aliphatic hydroxyl groups is 1. The van der Waals surface area contributed by atoms with Gasteiger partial charge >= 0.3 is 0 Å². The van der Waals surface area contributed by atoms with Gasteiger partial charge in [0.05, 0.1) is 0 Å². The van der Waals surface area contributed by atoms with Crippen molar-refractivity contribution in [2.24, 2.45) is 5.41 Å². The minimum absolute atomic E-state index is 0.0267. The highest BCUT2D eigenvalue weighted by molar-refractivity contribution is 5.97. The van der Waals surface area contributed by atoms with Crippen LogP contribution in [-0.2, 0) is 4.79 Å². The van der Waals surface area contributed by atoms with Gasteiger partial charge in [0.15, 0.2) is 0 Å². The van der Waals surface area contributed by atoms with E-state index in [4.69, 9.17) is 0 Å². The Hall–Kier alpha value is -1.35. The van der Waals surface area contributed by atoms with Gasteiger partial charge in [0.2, 0.25) is 5.91 Å². The van der Waals surface area contributed by atoms with Gasteiger partial charge in [0.1, 0.15) is 5.72 Å². The zero-order valence-electron chi connectivity index (χ0n) is 9.90.